The highest BCUT2D eigenvalue weighted by atomic mass is 35.5. The number of rotatable bonds is 5. The molecule has 0 aliphatic carbocycles. The minimum atomic E-state index is -0.243. The van der Waals surface area contributed by atoms with E-state index in [1.807, 2.05) is 12.1 Å². The molecule has 0 saturated carbocycles. The molecule has 0 unspecified atom stereocenters. The lowest BCUT2D eigenvalue weighted by Crippen LogP contribution is -2.19. The second kappa shape index (κ2) is 8.24. The number of halogens is 2. The number of hydrogen-bond donors (Lipinski definition) is 2. The van der Waals surface area contributed by atoms with Crippen LogP contribution in [-0.4, -0.2) is 24.6 Å². The van der Waals surface area contributed by atoms with Crippen molar-refractivity contribution in [3.05, 3.63) is 58.1 Å². The van der Waals surface area contributed by atoms with Gasteiger partial charge in [-0.05, 0) is 42.5 Å². The molecule has 4 nitrogen and oxygen atoms in total. The maximum Gasteiger partial charge on any atom is 0.251 e. The van der Waals surface area contributed by atoms with Crippen LogP contribution in [0.3, 0.4) is 0 Å². The standard InChI is InChI=1S/C16H14Cl2N2O2S/c1-19-16(22)10-2-7-13(18)14(8-10)20-15(21)9-23-12-5-3-11(17)4-6-12/h2-8H,9H2,1H3,(H,19,22)(H,20,21). The predicted molar refractivity (Wildman–Crippen MR) is 95.6 cm³/mol. The third-order valence-corrected chi connectivity index (χ3v) is 4.51. The maximum atomic E-state index is 12.0. The van der Waals surface area contributed by atoms with Crippen LogP contribution in [0.2, 0.25) is 10.0 Å². The number of anilines is 1. The first kappa shape index (κ1) is 17.7. The molecule has 0 aromatic heterocycles. The molecule has 0 bridgehead atoms. The van der Waals surface area contributed by atoms with Gasteiger partial charge < -0.3 is 10.6 Å². The molecule has 0 aliphatic heterocycles. The number of hydrogen-bond acceptors (Lipinski definition) is 3. The van der Waals surface area contributed by atoms with Gasteiger partial charge in [0.15, 0.2) is 0 Å². The number of benzene rings is 2. The fourth-order valence-corrected chi connectivity index (χ4v) is 2.76. The predicted octanol–water partition coefficient (Wildman–Crippen LogP) is 4.08. The second-order valence-electron chi connectivity index (χ2n) is 4.56. The van der Waals surface area contributed by atoms with E-state index in [1.54, 1.807) is 30.3 Å². The number of carbonyl (C=O) groups excluding carboxylic acids is 2. The molecule has 0 spiro atoms. The molecule has 0 radical (unpaired) electrons. The van der Waals surface area contributed by atoms with Gasteiger partial charge in [-0.1, -0.05) is 23.2 Å². The van der Waals surface area contributed by atoms with E-state index in [1.165, 1.54) is 18.8 Å². The molecule has 2 N–H and O–H groups in total. The molecule has 0 saturated heterocycles. The molecule has 2 amide bonds. The summed E-state index contributed by atoms with van der Waals surface area (Å²) in [4.78, 5) is 24.6. The Hall–Kier alpha value is -1.69. The van der Waals surface area contributed by atoms with Crippen molar-refractivity contribution in [3.8, 4) is 0 Å². The molecule has 120 valence electrons. The minimum absolute atomic E-state index is 0.207. The Morgan fingerprint density at radius 2 is 1.78 bits per heavy atom. The largest absolute Gasteiger partial charge is 0.355 e. The Balaban J connectivity index is 1.99. The monoisotopic (exact) mass is 368 g/mol. The van der Waals surface area contributed by atoms with Gasteiger partial charge in [-0.15, -0.1) is 11.8 Å². The molecule has 0 atom stereocenters. The average molecular weight is 369 g/mol. The van der Waals surface area contributed by atoms with Crippen LogP contribution in [0.4, 0.5) is 5.69 Å². The maximum absolute atomic E-state index is 12.0. The molecule has 7 heteroatoms. The minimum Gasteiger partial charge on any atom is -0.355 e. The van der Waals surface area contributed by atoms with Crippen molar-refractivity contribution in [2.45, 2.75) is 4.90 Å². The molecular weight excluding hydrogens is 355 g/mol. The third-order valence-electron chi connectivity index (χ3n) is 2.91. The van der Waals surface area contributed by atoms with Crippen LogP contribution in [0.15, 0.2) is 47.4 Å². The zero-order valence-corrected chi connectivity index (χ0v) is 14.6. The van der Waals surface area contributed by atoms with Crippen molar-refractivity contribution in [2.75, 3.05) is 18.1 Å². The molecule has 2 rings (SSSR count). The van der Waals surface area contributed by atoms with Gasteiger partial charge in [-0.3, -0.25) is 9.59 Å². The fourth-order valence-electron chi connectivity index (χ4n) is 1.77. The Kier molecular flexibility index (Phi) is 6.33. The van der Waals surface area contributed by atoms with Crippen LogP contribution in [0.25, 0.3) is 0 Å². The van der Waals surface area contributed by atoms with E-state index in [0.717, 1.165) is 4.90 Å². The van der Waals surface area contributed by atoms with Gasteiger partial charge in [0.1, 0.15) is 0 Å². The van der Waals surface area contributed by atoms with Crippen LogP contribution >= 0.6 is 35.0 Å². The van der Waals surface area contributed by atoms with Crippen LogP contribution < -0.4 is 10.6 Å². The second-order valence-corrected chi connectivity index (χ2v) is 6.46. The highest BCUT2D eigenvalue weighted by Crippen LogP contribution is 2.24. The van der Waals surface area contributed by atoms with Crippen LogP contribution in [-0.2, 0) is 4.79 Å². The number of thioether (sulfide) groups is 1. The van der Waals surface area contributed by atoms with Crippen molar-refractivity contribution >= 4 is 52.5 Å². The average Bonchev–Trinajstić information content (AvgIpc) is 2.55. The zero-order valence-electron chi connectivity index (χ0n) is 12.2. The Labute approximate surface area is 148 Å². The van der Waals surface area contributed by atoms with E-state index in [9.17, 15) is 9.59 Å². The highest BCUT2D eigenvalue weighted by Gasteiger charge is 2.10. The summed E-state index contributed by atoms with van der Waals surface area (Å²) in [5.74, 6) is -0.226. The first-order valence-corrected chi connectivity index (χ1v) is 8.43. The van der Waals surface area contributed by atoms with Crippen molar-refractivity contribution in [2.24, 2.45) is 0 Å². The van der Waals surface area contributed by atoms with E-state index >= 15 is 0 Å². The SMILES string of the molecule is CNC(=O)c1ccc(Cl)c(NC(=O)CSc2ccc(Cl)cc2)c1. The van der Waals surface area contributed by atoms with Crippen molar-refractivity contribution < 1.29 is 9.59 Å². The van der Waals surface area contributed by atoms with Crippen molar-refractivity contribution in [1.29, 1.82) is 0 Å². The smallest absolute Gasteiger partial charge is 0.251 e. The summed E-state index contributed by atoms with van der Waals surface area (Å²) >= 11 is 13.3. The lowest BCUT2D eigenvalue weighted by atomic mass is 10.2. The summed E-state index contributed by atoms with van der Waals surface area (Å²) in [6, 6.07) is 12.0. The molecule has 0 aliphatic rings. The summed E-state index contributed by atoms with van der Waals surface area (Å²) in [6.45, 7) is 0. The topological polar surface area (TPSA) is 58.2 Å². The summed E-state index contributed by atoms with van der Waals surface area (Å²) in [5, 5.41) is 6.26. The van der Waals surface area contributed by atoms with Gasteiger partial charge in [-0.2, -0.15) is 0 Å². The van der Waals surface area contributed by atoms with Crippen LogP contribution in [0, 0.1) is 0 Å². The van der Waals surface area contributed by atoms with E-state index in [0.29, 0.717) is 21.3 Å². The molecule has 0 heterocycles. The normalized spacial score (nSPS) is 10.2. The lowest BCUT2D eigenvalue weighted by molar-refractivity contribution is -0.113. The number of amides is 2. The van der Waals surface area contributed by atoms with E-state index in [-0.39, 0.29) is 17.6 Å². The molecule has 2 aromatic rings. The van der Waals surface area contributed by atoms with E-state index < -0.39 is 0 Å². The van der Waals surface area contributed by atoms with Gasteiger partial charge in [0, 0.05) is 22.5 Å². The fraction of sp³-hybridized carbons (Fsp3) is 0.125. The number of nitrogens with one attached hydrogen (secondary N) is 2. The summed E-state index contributed by atoms with van der Waals surface area (Å²) in [6.07, 6.45) is 0. The third kappa shape index (κ3) is 5.16. The molecule has 0 fully saturated rings. The van der Waals surface area contributed by atoms with Crippen LogP contribution in [0.1, 0.15) is 10.4 Å². The van der Waals surface area contributed by atoms with Crippen LogP contribution in [0.5, 0.6) is 0 Å². The van der Waals surface area contributed by atoms with Gasteiger partial charge in [-0.25, -0.2) is 0 Å². The molecule has 2 aromatic carbocycles. The quantitative estimate of drug-likeness (QED) is 0.781. The van der Waals surface area contributed by atoms with Gasteiger partial charge in [0.05, 0.1) is 16.5 Å². The highest BCUT2D eigenvalue weighted by molar-refractivity contribution is 8.00. The number of carbonyl (C=O) groups is 2. The van der Waals surface area contributed by atoms with E-state index in [4.69, 9.17) is 23.2 Å². The summed E-state index contributed by atoms with van der Waals surface area (Å²) in [5.41, 5.74) is 0.840. The van der Waals surface area contributed by atoms with Gasteiger partial charge in [0.25, 0.3) is 5.91 Å². The lowest BCUT2D eigenvalue weighted by Gasteiger charge is -2.09. The first-order valence-electron chi connectivity index (χ1n) is 6.69. The van der Waals surface area contributed by atoms with E-state index in [2.05, 4.69) is 10.6 Å². The van der Waals surface area contributed by atoms with Crippen molar-refractivity contribution in [3.63, 3.8) is 0 Å². The Morgan fingerprint density at radius 3 is 2.43 bits per heavy atom. The van der Waals surface area contributed by atoms with Gasteiger partial charge in [0.2, 0.25) is 5.91 Å². The molecule has 23 heavy (non-hydrogen) atoms. The first-order chi connectivity index (χ1) is 11.0. The van der Waals surface area contributed by atoms with Crippen molar-refractivity contribution in [1.82, 2.24) is 5.32 Å². The summed E-state index contributed by atoms with van der Waals surface area (Å²) < 4.78 is 0. The van der Waals surface area contributed by atoms with Gasteiger partial charge >= 0.3 is 0 Å². The molecular formula is C16H14Cl2N2O2S. The summed E-state index contributed by atoms with van der Waals surface area (Å²) in [7, 11) is 1.54. The Morgan fingerprint density at radius 1 is 1.09 bits per heavy atom. The zero-order chi connectivity index (χ0) is 16.8. The Bertz CT molecular complexity index is 721.